The largest absolute Gasteiger partial charge is 0.303 e. The predicted molar refractivity (Wildman–Crippen MR) is 113 cm³/mol. The molecule has 0 N–H and O–H groups in total. The number of piperidine rings is 1. The minimum absolute atomic E-state index is 0.000576. The summed E-state index contributed by atoms with van der Waals surface area (Å²) in [5.74, 6) is 0.164. The van der Waals surface area contributed by atoms with Gasteiger partial charge in [0.15, 0.2) is 11.5 Å². The molecule has 0 radical (unpaired) electrons. The van der Waals surface area contributed by atoms with Crippen molar-refractivity contribution in [1.29, 1.82) is 0 Å². The van der Waals surface area contributed by atoms with E-state index in [1.165, 1.54) is 0 Å². The summed E-state index contributed by atoms with van der Waals surface area (Å²) in [5, 5.41) is 9.77. The molecule has 1 aliphatic heterocycles. The fraction of sp³-hybridized carbons (Fsp3) is 0.500. The Morgan fingerprint density at radius 1 is 1.13 bits per heavy atom. The molecule has 3 aromatic heterocycles. The van der Waals surface area contributed by atoms with Crippen molar-refractivity contribution in [2.24, 2.45) is 13.0 Å². The predicted octanol–water partition coefficient (Wildman–Crippen LogP) is 3.00. The average Bonchev–Trinajstić information content (AvgIpc) is 3.15. The Balaban J connectivity index is 1.48. The van der Waals surface area contributed by atoms with E-state index in [9.17, 15) is 4.79 Å². The molecule has 4 heterocycles. The van der Waals surface area contributed by atoms with Crippen LogP contribution < -0.4 is 0 Å². The lowest BCUT2D eigenvalue weighted by atomic mass is 9.86. The molecule has 0 aromatic carbocycles. The van der Waals surface area contributed by atoms with Gasteiger partial charge in [0, 0.05) is 63.0 Å². The van der Waals surface area contributed by atoms with Crippen LogP contribution in [0.25, 0.3) is 22.2 Å². The van der Waals surface area contributed by atoms with Crippen molar-refractivity contribution in [3.05, 3.63) is 36.4 Å². The molecule has 3 aromatic rings. The molecule has 158 valence electrons. The second kappa shape index (κ2) is 8.18. The molecule has 0 spiro atoms. The van der Waals surface area contributed by atoms with E-state index in [4.69, 9.17) is 0 Å². The first-order chi connectivity index (χ1) is 14.3. The zero-order valence-corrected chi connectivity index (χ0v) is 17.7. The number of carbonyl (C=O) groups is 1. The summed E-state index contributed by atoms with van der Waals surface area (Å²) >= 11 is 0. The van der Waals surface area contributed by atoms with Crippen molar-refractivity contribution in [2.75, 3.05) is 19.6 Å². The molecule has 4 rings (SSSR count). The van der Waals surface area contributed by atoms with E-state index < -0.39 is 5.67 Å². The molecule has 1 saturated heterocycles. The van der Waals surface area contributed by atoms with E-state index in [0.29, 0.717) is 36.1 Å². The highest BCUT2D eigenvalue weighted by molar-refractivity contribution is 5.90. The minimum Gasteiger partial charge on any atom is -0.303 e. The van der Waals surface area contributed by atoms with Gasteiger partial charge in [-0.15, -0.1) is 5.10 Å². The third-order valence-electron chi connectivity index (χ3n) is 5.64. The third-order valence-corrected chi connectivity index (χ3v) is 5.64. The zero-order chi connectivity index (χ0) is 21.3. The van der Waals surface area contributed by atoms with Crippen LogP contribution in [-0.4, -0.2) is 60.9 Å². The molecule has 0 bridgehead atoms. The molecular formula is C22H27FN6O. The number of ketones is 1. The molecule has 0 atom stereocenters. The smallest absolute Gasteiger partial charge is 0.175 e. The monoisotopic (exact) mass is 410 g/mol. The summed E-state index contributed by atoms with van der Waals surface area (Å²) < 4.78 is 16.9. The van der Waals surface area contributed by atoms with Crippen molar-refractivity contribution in [2.45, 2.75) is 38.8 Å². The summed E-state index contributed by atoms with van der Waals surface area (Å²) in [6, 6.07) is 3.73. The van der Waals surface area contributed by atoms with Crippen LogP contribution in [0.1, 0.15) is 32.4 Å². The highest BCUT2D eigenvalue weighted by Gasteiger charge is 2.41. The first-order valence-electron chi connectivity index (χ1n) is 10.4. The van der Waals surface area contributed by atoms with Crippen LogP contribution in [0.5, 0.6) is 0 Å². The number of hydrogen-bond donors (Lipinski definition) is 0. The number of hydrogen-bond acceptors (Lipinski definition) is 6. The van der Waals surface area contributed by atoms with Crippen molar-refractivity contribution >= 4 is 16.6 Å². The lowest BCUT2D eigenvalue weighted by Crippen LogP contribution is -2.47. The van der Waals surface area contributed by atoms with Gasteiger partial charge in [0.1, 0.15) is 5.69 Å². The second-order valence-electron chi connectivity index (χ2n) is 8.63. The number of carbonyl (C=O) groups excluding carboxylic acids is 1. The summed E-state index contributed by atoms with van der Waals surface area (Å²) in [5.41, 5.74) is 0.182. The topological polar surface area (TPSA) is 76.8 Å². The van der Waals surface area contributed by atoms with Gasteiger partial charge >= 0.3 is 0 Å². The minimum atomic E-state index is -1.76. The molecule has 0 unspecified atom stereocenters. The standard InChI is InChI=1S/C22H27FN6O/c1-15(2)13-29-6-4-22(23,5-7-29)21(30)10-18-8-16-9-19(20-14-28(3)27-26-20)25-12-17(16)11-24-18/h8-9,11-12,14-15H,4-7,10,13H2,1-3H3. The fourth-order valence-electron chi connectivity index (χ4n) is 3.99. The number of nitrogens with zero attached hydrogens (tertiary/aromatic N) is 6. The van der Waals surface area contributed by atoms with E-state index in [-0.39, 0.29) is 25.0 Å². The summed E-state index contributed by atoms with van der Waals surface area (Å²) in [4.78, 5) is 23.8. The van der Waals surface area contributed by atoms with Crippen LogP contribution in [0.2, 0.25) is 0 Å². The van der Waals surface area contributed by atoms with E-state index in [2.05, 4.69) is 39.0 Å². The normalized spacial score (nSPS) is 17.0. The van der Waals surface area contributed by atoms with E-state index in [0.717, 1.165) is 17.3 Å². The summed E-state index contributed by atoms with van der Waals surface area (Å²) in [6.45, 7) is 6.49. The fourth-order valence-corrected chi connectivity index (χ4v) is 3.99. The molecule has 8 heteroatoms. The Morgan fingerprint density at radius 3 is 2.53 bits per heavy atom. The lowest BCUT2D eigenvalue weighted by molar-refractivity contribution is -0.133. The van der Waals surface area contributed by atoms with Gasteiger partial charge in [-0.3, -0.25) is 19.4 Å². The van der Waals surface area contributed by atoms with Crippen LogP contribution >= 0.6 is 0 Å². The van der Waals surface area contributed by atoms with Gasteiger partial charge in [-0.1, -0.05) is 19.1 Å². The first-order valence-corrected chi connectivity index (χ1v) is 10.4. The number of Topliss-reactive ketones (excluding diaryl/α,β-unsaturated/α-hetero) is 1. The molecule has 1 fully saturated rings. The van der Waals surface area contributed by atoms with E-state index in [1.54, 1.807) is 30.3 Å². The van der Waals surface area contributed by atoms with Gasteiger partial charge < -0.3 is 4.90 Å². The Morgan fingerprint density at radius 2 is 1.87 bits per heavy atom. The van der Waals surface area contributed by atoms with Gasteiger partial charge in [0.25, 0.3) is 0 Å². The van der Waals surface area contributed by atoms with Crippen LogP contribution in [0.4, 0.5) is 4.39 Å². The van der Waals surface area contributed by atoms with Gasteiger partial charge in [0.2, 0.25) is 0 Å². The second-order valence-corrected chi connectivity index (χ2v) is 8.63. The quantitative estimate of drug-likeness (QED) is 0.622. The Kier molecular flexibility index (Phi) is 5.60. The highest BCUT2D eigenvalue weighted by atomic mass is 19.1. The van der Waals surface area contributed by atoms with Crippen molar-refractivity contribution in [3.8, 4) is 11.4 Å². The number of aryl methyl sites for hydroxylation is 1. The summed E-state index contributed by atoms with van der Waals surface area (Å²) in [7, 11) is 1.80. The maximum absolute atomic E-state index is 15.3. The highest BCUT2D eigenvalue weighted by Crippen LogP contribution is 2.29. The van der Waals surface area contributed by atoms with E-state index in [1.807, 2.05) is 12.1 Å². The number of pyridine rings is 2. The molecule has 30 heavy (non-hydrogen) atoms. The molecular weight excluding hydrogens is 383 g/mol. The number of rotatable bonds is 6. The Labute approximate surface area is 175 Å². The number of halogens is 1. The van der Waals surface area contributed by atoms with Gasteiger partial charge in [-0.05, 0) is 23.4 Å². The maximum Gasteiger partial charge on any atom is 0.175 e. The Hall–Kier alpha value is -2.74. The molecule has 7 nitrogen and oxygen atoms in total. The number of likely N-dealkylation sites (tertiary alicyclic amines) is 1. The number of fused-ring (bicyclic) bond motifs is 1. The zero-order valence-electron chi connectivity index (χ0n) is 17.7. The molecule has 1 aliphatic rings. The van der Waals surface area contributed by atoms with Crippen molar-refractivity contribution < 1.29 is 9.18 Å². The SMILES string of the molecule is CC(C)CN1CCC(F)(C(=O)Cc2cc3cc(-c4cn(C)nn4)ncc3cn2)CC1. The molecule has 0 saturated carbocycles. The lowest BCUT2D eigenvalue weighted by Gasteiger charge is -2.36. The third kappa shape index (κ3) is 4.38. The van der Waals surface area contributed by atoms with Gasteiger partial charge in [-0.25, -0.2) is 4.39 Å². The number of aromatic nitrogens is 5. The number of alkyl halides is 1. The van der Waals surface area contributed by atoms with Crippen molar-refractivity contribution in [3.63, 3.8) is 0 Å². The van der Waals surface area contributed by atoms with Crippen molar-refractivity contribution in [1.82, 2.24) is 29.9 Å². The molecule has 0 aliphatic carbocycles. The van der Waals surface area contributed by atoms with Crippen LogP contribution in [-0.2, 0) is 18.3 Å². The van der Waals surface area contributed by atoms with Crippen LogP contribution in [0, 0.1) is 5.92 Å². The average molecular weight is 410 g/mol. The van der Waals surface area contributed by atoms with Gasteiger partial charge in [0.05, 0.1) is 18.3 Å². The van der Waals surface area contributed by atoms with E-state index >= 15 is 4.39 Å². The summed E-state index contributed by atoms with van der Waals surface area (Å²) in [6.07, 6.45) is 5.71. The van der Waals surface area contributed by atoms with Gasteiger partial charge in [-0.2, -0.15) is 0 Å². The Bertz CT molecular complexity index is 1050. The van der Waals surface area contributed by atoms with Crippen LogP contribution in [0.3, 0.4) is 0 Å². The maximum atomic E-state index is 15.3. The molecule has 0 amide bonds. The van der Waals surface area contributed by atoms with Crippen LogP contribution in [0.15, 0.2) is 30.7 Å². The first kappa shape index (κ1) is 20.5.